The van der Waals surface area contributed by atoms with Crippen LogP contribution in [0.5, 0.6) is 0 Å². The molecule has 2 aromatic rings. The molecule has 0 radical (unpaired) electrons. The lowest BCUT2D eigenvalue weighted by Crippen LogP contribution is -2.42. The standard InChI is InChI=1S/C18H23N3O3/c1-4-19-18(23)21-6-5-13(9-21)20-17(22)15-10-24-16-8-12(3)11(2)7-14(15)16/h7-8,10,13H,4-6,9H2,1-3H3,(H,19,23)(H,20,22). The monoisotopic (exact) mass is 329 g/mol. The molecule has 1 fully saturated rings. The van der Waals surface area contributed by atoms with Crippen LogP contribution in [0.15, 0.2) is 22.8 Å². The van der Waals surface area contributed by atoms with Gasteiger partial charge in [0, 0.05) is 31.1 Å². The summed E-state index contributed by atoms with van der Waals surface area (Å²) in [5, 5.41) is 6.63. The van der Waals surface area contributed by atoms with E-state index in [1.54, 1.807) is 4.90 Å². The van der Waals surface area contributed by atoms with Crippen LogP contribution in [-0.2, 0) is 0 Å². The highest BCUT2D eigenvalue weighted by atomic mass is 16.3. The molecule has 1 aromatic heterocycles. The summed E-state index contributed by atoms with van der Waals surface area (Å²) < 4.78 is 5.53. The van der Waals surface area contributed by atoms with Gasteiger partial charge in [-0.25, -0.2) is 4.79 Å². The SMILES string of the molecule is CCNC(=O)N1CCC(NC(=O)c2coc3cc(C)c(C)cc23)C1. The average molecular weight is 329 g/mol. The highest BCUT2D eigenvalue weighted by Crippen LogP contribution is 2.25. The molecule has 1 aromatic carbocycles. The van der Waals surface area contributed by atoms with Gasteiger partial charge >= 0.3 is 6.03 Å². The van der Waals surface area contributed by atoms with Crippen molar-refractivity contribution < 1.29 is 14.0 Å². The van der Waals surface area contributed by atoms with E-state index in [4.69, 9.17) is 4.42 Å². The van der Waals surface area contributed by atoms with E-state index in [1.807, 2.05) is 32.9 Å². The summed E-state index contributed by atoms with van der Waals surface area (Å²) in [6.07, 6.45) is 2.27. The van der Waals surface area contributed by atoms with Crippen LogP contribution in [0.3, 0.4) is 0 Å². The van der Waals surface area contributed by atoms with Gasteiger partial charge < -0.3 is 20.0 Å². The molecule has 1 saturated heterocycles. The molecule has 1 unspecified atom stereocenters. The first-order chi connectivity index (χ1) is 11.5. The van der Waals surface area contributed by atoms with Gasteiger partial charge in [-0.2, -0.15) is 0 Å². The molecule has 0 saturated carbocycles. The first kappa shape index (κ1) is 16.4. The molecule has 128 valence electrons. The Bertz CT molecular complexity index is 781. The Morgan fingerprint density at radius 1 is 1.29 bits per heavy atom. The number of fused-ring (bicyclic) bond motifs is 1. The minimum Gasteiger partial charge on any atom is -0.463 e. The molecule has 0 spiro atoms. The molecule has 3 rings (SSSR count). The van der Waals surface area contributed by atoms with Gasteiger partial charge in [0.15, 0.2) is 0 Å². The van der Waals surface area contributed by atoms with Gasteiger partial charge in [0.05, 0.1) is 5.56 Å². The van der Waals surface area contributed by atoms with Crippen LogP contribution in [0.4, 0.5) is 4.79 Å². The molecule has 1 aliphatic heterocycles. The number of hydrogen-bond acceptors (Lipinski definition) is 3. The highest BCUT2D eigenvalue weighted by molar-refractivity contribution is 6.06. The van der Waals surface area contributed by atoms with Gasteiger partial charge in [0.1, 0.15) is 11.8 Å². The summed E-state index contributed by atoms with van der Waals surface area (Å²) in [6, 6.07) is 3.83. The smallest absolute Gasteiger partial charge is 0.317 e. The largest absolute Gasteiger partial charge is 0.463 e. The third-order valence-corrected chi connectivity index (χ3v) is 4.57. The zero-order valence-corrected chi connectivity index (χ0v) is 14.3. The van der Waals surface area contributed by atoms with Gasteiger partial charge in [-0.3, -0.25) is 4.79 Å². The Balaban J connectivity index is 1.70. The molecule has 3 amide bonds. The highest BCUT2D eigenvalue weighted by Gasteiger charge is 2.28. The van der Waals surface area contributed by atoms with Gasteiger partial charge in [-0.15, -0.1) is 0 Å². The van der Waals surface area contributed by atoms with Crippen molar-refractivity contribution >= 4 is 22.9 Å². The van der Waals surface area contributed by atoms with Crippen LogP contribution >= 0.6 is 0 Å². The number of nitrogens with one attached hydrogen (secondary N) is 2. The number of hydrogen-bond donors (Lipinski definition) is 2. The van der Waals surface area contributed by atoms with Crippen molar-refractivity contribution in [2.24, 2.45) is 0 Å². The van der Waals surface area contributed by atoms with Crippen LogP contribution in [-0.4, -0.2) is 42.5 Å². The van der Waals surface area contributed by atoms with E-state index in [1.165, 1.54) is 6.26 Å². The molecule has 0 aliphatic carbocycles. The predicted octanol–water partition coefficient (Wildman–Crippen LogP) is 2.58. The molecule has 0 bridgehead atoms. The topological polar surface area (TPSA) is 74.6 Å². The van der Waals surface area contributed by atoms with E-state index in [9.17, 15) is 9.59 Å². The summed E-state index contributed by atoms with van der Waals surface area (Å²) in [5.74, 6) is -0.153. The number of carbonyl (C=O) groups excluding carboxylic acids is 2. The quantitative estimate of drug-likeness (QED) is 0.909. The lowest BCUT2D eigenvalue weighted by molar-refractivity contribution is 0.0938. The fourth-order valence-corrected chi connectivity index (χ4v) is 3.05. The maximum Gasteiger partial charge on any atom is 0.317 e. The Morgan fingerprint density at radius 3 is 2.79 bits per heavy atom. The molecular weight excluding hydrogens is 306 g/mol. The van der Waals surface area contributed by atoms with Crippen molar-refractivity contribution in [1.82, 2.24) is 15.5 Å². The van der Waals surface area contributed by atoms with Crippen molar-refractivity contribution in [3.05, 3.63) is 35.1 Å². The molecule has 1 atom stereocenters. The summed E-state index contributed by atoms with van der Waals surface area (Å²) in [4.78, 5) is 26.2. The van der Waals surface area contributed by atoms with Gasteiger partial charge in [0.2, 0.25) is 0 Å². The number of benzene rings is 1. The number of urea groups is 1. The van der Waals surface area contributed by atoms with Gasteiger partial charge in [0.25, 0.3) is 5.91 Å². The molecule has 2 heterocycles. The van der Waals surface area contributed by atoms with Crippen LogP contribution in [0.25, 0.3) is 11.0 Å². The molecule has 24 heavy (non-hydrogen) atoms. The number of furan rings is 1. The minimum atomic E-state index is -0.153. The third kappa shape index (κ3) is 3.09. The van der Waals surface area contributed by atoms with Crippen LogP contribution in [0.1, 0.15) is 34.8 Å². The Hall–Kier alpha value is -2.50. The van der Waals surface area contributed by atoms with Crippen molar-refractivity contribution in [2.75, 3.05) is 19.6 Å². The third-order valence-electron chi connectivity index (χ3n) is 4.57. The molecule has 1 aliphatic rings. The second-order valence-corrected chi connectivity index (χ2v) is 6.32. The van der Waals surface area contributed by atoms with E-state index in [2.05, 4.69) is 10.6 Å². The summed E-state index contributed by atoms with van der Waals surface area (Å²) >= 11 is 0. The van der Waals surface area contributed by atoms with E-state index >= 15 is 0 Å². The Labute approximate surface area is 141 Å². The van der Waals surface area contributed by atoms with Crippen molar-refractivity contribution in [1.29, 1.82) is 0 Å². The number of likely N-dealkylation sites (tertiary alicyclic amines) is 1. The van der Waals surface area contributed by atoms with Crippen molar-refractivity contribution in [3.63, 3.8) is 0 Å². The molecular formula is C18H23N3O3. The minimum absolute atomic E-state index is 0.0309. The Morgan fingerprint density at radius 2 is 2.04 bits per heavy atom. The van der Waals surface area contributed by atoms with E-state index in [0.29, 0.717) is 25.2 Å². The van der Waals surface area contributed by atoms with E-state index < -0.39 is 0 Å². The van der Waals surface area contributed by atoms with E-state index in [0.717, 1.165) is 28.5 Å². The predicted molar refractivity (Wildman–Crippen MR) is 92.2 cm³/mol. The first-order valence-corrected chi connectivity index (χ1v) is 8.31. The summed E-state index contributed by atoms with van der Waals surface area (Å²) in [6.45, 7) is 7.72. The number of nitrogens with zero attached hydrogens (tertiary/aromatic N) is 1. The van der Waals surface area contributed by atoms with E-state index in [-0.39, 0.29) is 18.0 Å². The molecule has 6 heteroatoms. The Kier molecular flexibility index (Phi) is 4.46. The van der Waals surface area contributed by atoms with Gasteiger partial charge in [-0.1, -0.05) is 0 Å². The maximum atomic E-state index is 12.6. The number of rotatable bonds is 3. The molecule has 6 nitrogen and oxygen atoms in total. The van der Waals surface area contributed by atoms with Gasteiger partial charge in [-0.05, 0) is 50.5 Å². The maximum absolute atomic E-state index is 12.6. The van der Waals surface area contributed by atoms with Crippen molar-refractivity contribution in [2.45, 2.75) is 33.2 Å². The number of aryl methyl sites for hydroxylation is 2. The fraction of sp³-hybridized carbons (Fsp3) is 0.444. The zero-order chi connectivity index (χ0) is 17.3. The van der Waals surface area contributed by atoms with Crippen molar-refractivity contribution in [3.8, 4) is 0 Å². The summed E-state index contributed by atoms with van der Waals surface area (Å²) in [5.41, 5.74) is 3.53. The molecule has 2 N–H and O–H groups in total. The second kappa shape index (κ2) is 6.55. The first-order valence-electron chi connectivity index (χ1n) is 8.31. The normalized spacial score (nSPS) is 17.3. The average Bonchev–Trinajstić information content (AvgIpc) is 3.15. The second-order valence-electron chi connectivity index (χ2n) is 6.32. The summed E-state index contributed by atoms with van der Waals surface area (Å²) in [7, 11) is 0. The number of carbonyl (C=O) groups is 2. The fourth-order valence-electron chi connectivity index (χ4n) is 3.05. The lowest BCUT2D eigenvalue weighted by atomic mass is 10.0. The zero-order valence-electron chi connectivity index (χ0n) is 14.3. The number of amides is 3. The van der Waals surface area contributed by atoms with Crippen LogP contribution in [0.2, 0.25) is 0 Å². The lowest BCUT2D eigenvalue weighted by Gasteiger charge is -2.17. The van der Waals surface area contributed by atoms with Crippen LogP contribution in [0, 0.1) is 13.8 Å². The van der Waals surface area contributed by atoms with Crippen LogP contribution < -0.4 is 10.6 Å².